The molecule has 1 aliphatic heterocycles. The zero-order chi connectivity index (χ0) is 52.4. The van der Waals surface area contributed by atoms with Crippen LogP contribution in [0.1, 0.15) is 181 Å². The summed E-state index contributed by atoms with van der Waals surface area (Å²) in [5, 5.41) is 30.8. The van der Waals surface area contributed by atoms with Crippen LogP contribution in [0.25, 0.3) is 0 Å². The van der Waals surface area contributed by atoms with E-state index in [4.69, 9.17) is 18.9 Å². The molecule has 6 unspecified atom stereocenters. The molecule has 1 heterocycles. The zero-order valence-corrected chi connectivity index (χ0v) is 45.0. The lowest BCUT2D eigenvalue weighted by Gasteiger charge is -2.41. The molecule has 1 aliphatic rings. The molecule has 0 spiro atoms. The number of carbonyl (C=O) groups excluding carboxylic acids is 1. The van der Waals surface area contributed by atoms with Crippen LogP contribution in [0.4, 0.5) is 0 Å². The molecule has 0 radical (unpaired) electrons. The van der Waals surface area contributed by atoms with Crippen LogP contribution in [-0.2, 0) is 38.3 Å². The van der Waals surface area contributed by atoms with Crippen molar-refractivity contribution in [1.82, 2.24) is 0 Å². The van der Waals surface area contributed by atoms with Gasteiger partial charge in [0.15, 0.2) is 6.29 Å². The van der Waals surface area contributed by atoms with Crippen LogP contribution in [-0.4, -0.2) is 97.5 Å². The predicted molar refractivity (Wildman–Crippen MR) is 294 cm³/mol. The summed E-state index contributed by atoms with van der Waals surface area (Å²) >= 11 is 0. The highest BCUT2D eigenvalue weighted by molar-refractivity contribution is 7.80. The molecule has 0 amide bonds. The number of unbranched alkanes of at least 4 members (excludes halogenated alkanes) is 13. The van der Waals surface area contributed by atoms with Crippen LogP contribution in [0.3, 0.4) is 0 Å². The Hall–Kier alpha value is -3.50. The van der Waals surface area contributed by atoms with Gasteiger partial charge in [0, 0.05) is 13.0 Å². The molecule has 1 saturated heterocycles. The number of ether oxygens (including phenoxy) is 4. The fraction of sp³-hybridized carbons (Fsp3) is 0.644. The van der Waals surface area contributed by atoms with E-state index in [1.807, 2.05) is 0 Å². The summed E-state index contributed by atoms with van der Waals surface area (Å²) in [6.07, 6.45) is 60.8. The van der Waals surface area contributed by atoms with Gasteiger partial charge >= 0.3 is 16.4 Å². The van der Waals surface area contributed by atoms with Gasteiger partial charge < -0.3 is 34.3 Å². The van der Waals surface area contributed by atoms with E-state index in [-0.39, 0.29) is 19.6 Å². The molecule has 1 rings (SSSR count). The minimum atomic E-state index is -5.08. The molecular weight excluding hydrogens is 933 g/mol. The van der Waals surface area contributed by atoms with Gasteiger partial charge in [-0.1, -0.05) is 193 Å². The highest BCUT2D eigenvalue weighted by atomic mass is 32.3. The number of hydrogen-bond donors (Lipinski definition) is 4. The van der Waals surface area contributed by atoms with Crippen LogP contribution in [0.2, 0.25) is 0 Å². The Morgan fingerprint density at radius 3 is 1.33 bits per heavy atom. The van der Waals surface area contributed by atoms with Gasteiger partial charge in [0.05, 0.1) is 19.8 Å². The van der Waals surface area contributed by atoms with E-state index in [0.717, 1.165) is 116 Å². The molecule has 13 heteroatoms. The lowest BCUT2D eigenvalue weighted by molar-refractivity contribution is -0.301. The highest BCUT2D eigenvalue weighted by Gasteiger charge is 2.48. The minimum Gasteiger partial charge on any atom is -0.457 e. The molecule has 0 aromatic heterocycles. The van der Waals surface area contributed by atoms with Crippen molar-refractivity contribution in [3.8, 4) is 0 Å². The van der Waals surface area contributed by atoms with Crippen molar-refractivity contribution in [1.29, 1.82) is 0 Å². The van der Waals surface area contributed by atoms with Crippen molar-refractivity contribution in [2.45, 2.75) is 218 Å². The number of allylic oxidation sites excluding steroid dienone is 20. The minimum absolute atomic E-state index is 0.0123. The van der Waals surface area contributed by atoms with Crippen LogP contribution >= 0.6 is 0 Å². The topological polar surface area (TPSA) is 178 Å². The van der Waals surface area contributed by atoms with Crippen molar-refractivity contribution in [3.05, 3.63) is 122 Å². The molecule has 0 saturated carbocycles. The monoisotopic (exact) mass is 1030 g/mol. The maximum atomic E-state index is 12.9. The van der Waals surface area contributed by atoms with Crippen molar-refractivity contribution in [3.63, 3.8) is 0 Å². The number of aliphatic hydroxyl groups is 3. The van der Waals surface area contributed by atoms with E-state index in [1.165, 1.54) is 38.5 Å². The summed E-state index contributed by atoms with van der Waals surface area (Å²) in [5.74, 6) is -0.430. The zero-order valence-electron chi connectivity index (χ0n) is 44.2. The van der Waals surface area contributed by atoms with Crippen molar-refractivity contribution in [2.75, 3.05) is 26.4 Å². The summed E-state index contributed by atoms with van der Waals surface area (Å²) < 4.78 is 59.3. The van der Waals surface area contributed by atoms with Crippen LogP contribution in [0.15, 0.2) is 122 Å². The largest absolute Gasteiger partial charge is 0.457 e. The summed E-state index contributed by atoms with van der Waals surface area (Å²) in [5.41, 5.74) is 0. The molecule has 6 atom stereocenters. The molecular formula is C59H96O12S. The summed E-state index contributed by atoms with van der Waals surface area (Å²) in [7, 11) is -5.08. The van der Waals surface area contributed by atoms with Gasteiger partial charge in [0.25, 0.3) is 0 Å². The second-order valence-corrected chi connectivity index (χ2v) is 19.1. The number of aliphatic hydroxyl groups excluding tert-OH is 3. The van der Waals surface area contributed by atoms with Crippen molar-refractivity contribution < 1.29 is 56.2 Å². The molecule has 0 aromatic rings. The van der Waals surface area contributed by atoms with Crippen molar-refractivity contribution in [2.24, 2.45) is 0 Å². The lowest BCUT2D eigenvalue weighted by Crippen LogP contribution is -2.60. The summed E-state index contributed by atoms with van der Waals surface area (Å²) in [4.78, 5) is 12.9. The maximum Gasteiger partial charge on any atom is 0.397 e. The highest BCUT2D eigenvalue weighted by Crippen LogP contribution is 2.26. The van der Waals surface area contributed by atoms with E-state index in [1.54, 1.807) is 0 Å². The third-order valence-electron chi connectivity index (χ3n) is 11.6. The Morgan fingerprint density at radius 1 is 0.528 bits per heavy atom. The number of rotatable bonds is 46. The number of carbonyl (C=O) groups is 1. The molecule has 410 valence electrons. The Kier molecular flexibility index (Phi) is 44.7. The van der Waals surface area contributed by atoms with Gasteiger partial charge in [0.2, 0.25) is 0 Å². The second-order valence-electron chi connectivity index (χ2n) is 18.1. The average molecular weight is 1030 g/mol. The SMILES string of the molecule is CC/C=C\C/C=C\C/C=C\C/C=C\C/C=C\C/C=C\CCCCCCC(=O)OC(COCCCCCCCCCCC/C=C\C/C=C\C/C=C\C/C=C\CC)COC1OC(CO)C(O)C(OS(=O)(=O)O)C1O. The van der Waals surface area contributed by atoms with E-state index in [2.05, 4.69) is 140 Å². The van der Waals surface area contributed by atoms with Gasteiger partial charge in [-0.2, -0.15) is 8.42 Å². The van der Waals surface area contributed by atoms with Gasteiger partial charge in [0.1, 0.15) is 30.5 Å². The molecule has 0 aromatic carbocycles. The van der Waals surface area contributed by atoms with E-state index < -0.39 is 59.8 Å². The predicted octanol–water partition coefficient (Wildman–Crippen LogP) is 13.3. The first-order valence-corrected chi connectivity index (χ1v) is 28.7. The fourth-order valence-electron chi connectivity index (χ4n) is 7.55. The lowest BCUT2D eigenvalue weighted by atomic mass is 9.99. The standard InChI is InChI=1S/C59H96O12S/c1-3-5-7-9-11-13-15-17-19-21-23-25-27-28-30-32-34-36-38-40-42-44-46-48-55(61)69-53(52-68-59-57(63)58(71-72(64,65)66)56(62)54(50-60)70-59)51-67-49-47-45-43-41-39-37-35-33-31-29-26-24-22-20-18-16-14-12-10-8-6-4-2/h5-8,11-14,17-20,23-26,28,30,34,36,53-54,56-60,62-63H,3-4,9-10,15-16,21-22,27,29,31-33,35,37-52H2,1-2H3,(H,64,65,66)/b7-5-,8-6-,13-11-,14-12-,19-17-,20-18-,25-23-,26-24-,30-28-,36-34-. The van der Waals surface area contributed by atoms with E-state index in [0.29, 0.717) is 13.0 Å². The third kappa shape index (κ3) is 40.9. The molecule has 12 nitrogen and oxygen atoms in total. The third-order valence-corrected chi connectivity index (χ3v) is 12.0. The first-order valence-electron chi connectivity index (χ1n) is 27.3. The Labute approximate surface area is 436 Å². The number of esters is 1. The molecule has 0 aliphatic carbocycles. The van der Waals surface area contributed by atoms with Gasteiger partial charge in [-0.3, -0.25) is 9.35 Å². The van der Waals surface area contributed by atoms with Gasteiger partial charge in [-0.05, 0) is 103 Å². The first kappa shape index (κ1) is 66.5. The summed E-state index contributed by atoms with van der Waals surface area (Å²) in [6.45, 7) is 3.71. The quantitative estimate of drug-likeness (QED) is 0.0197. The van der Waals surface area contributed by atoms with E-state index in [9.17, 15) is 33.1 Å². The van der Waals surface area contributed by atoms with Crippen molar-refractivity contribution >= 4 is 16.4 Å². The molecule has 72 heavy (non-hydrogen) atoms. The normalized spacial score (nSPS) is 19.9. The molecule has 1 fully saturated rings. The van der Waals surface area contributed by atoms with E-state index >= 15 is 0 Å². The fourth-order valence-corrected chi connectivity index (χ4v) is 8.06. The molecule has 0 bridgehead atoms. The van der Waals surface area contributed by atoms with Gasteiger partial charge in [-0.25, -0.2) is 4.18 Å². The van der Waals surface area contributed by atoms with Gasteiger partial charge in [-0.15, -0.1) is 0 Å². The second kappa shape index (κ2) is 48.4. The first-order chi connectivity index (χ1) is 35.1. The molecule has 4 N–H and O–H groups in total. The number of hydrogen-bond acceptors (Lipinski definition) is 11. The Balaban J connectivity index is 2.38. The Bertz CT molecular complexity index is 1710. The van der Waals surface area contributed by atoms with Crippen LogP contribution in [0.5, 0.6) is 0 Å². The van der Waals surface area contributed by atoms with Crippen LogP contribution in [0, 0.1) is 0 Å². The van der Waals surface area contributed by atoms with Crippen LogP contribution < -0.4 is 0 Å². The maximum absolute atomic E-state index is 12.9. The Morgan fingerprint density at radius 2 is 0.917 bits per heavy atom. The summed E-state index contributed by atoms with van der Waals surface area (Å²) in [6, 6.07) is 0. The smallest absolute Gasteiger partial charge is 0.397 e. The average Bonchev–Trinajstić information content (AvgIpc) is 3.36.